The molecule has 146 valence electrons. The van der Waals surface area contributed by atoms with Gasteiger partial charge in [0.1, 0.15) is 5.75 Å². The third-order valence-electron chi connectivity index (χ3n) is 4.20. The van der Waals surface area contributed by atoms with Crippen LogP contribution in [0, 0.1) is 0 Å². The Balaban J connectivity index is 1.76. The Morgan fingerprint density at radius 3 is 2.69 bits per heavy atom. The van der Waals surface area contributed by atoms with Crippen molar-refractivity contribution in [1.29, 1.82) is 0 Å². The maximum Gasteiger partial charge on any atom is 0.206 e. The number of halogens is 1. The molecule has 2 aromatic heterocycles. The smallest absolute Gasteiger partial charge is 0.206 e. The molecule has 0 aliphatic heterocycles. The number of rotatable bonds is 6. The summed E-state index contributed by atoms with van der Waals surface area (Å²) < 4.78 is 8.35. The molecule has 0 spiro atoms. The van der Waals surface area contributed by atoms with Gasteiger partial charge in [-0.15, -0.1) is 22.7 Å². The molecular formula is C22H18BrN3OS2. The molecule has 7 heteroatoms. The van der Waals surface area contributed by atoms with Crippen molar-refractivity contribution in [3.05, 3.63) is 91.8 Å². The Bertz CT molecular complexity index is 1180. The highest BCUT2D eigenvalue weighted by Gasteiger charge is 2.09. The minimum Gasteiger partial charge on any atom is -0.496 e. The average molecular weight is 484 g/mol. The number of hydrogen-bond donors (Lipinski definition) is 0. The minimum absolute atomic E-state index is 0.612. The van der Waals surface area contributed by atoms with Gasteiger partial charge in [0.2, 0.25) is 4.80 Å². The summed E-state index contributed by atoms with van der Waals surface area (Å²) in [5.74, 6) is 0.772. The van der Waals surface area contributed by atoms with Crippen molar-refractivity contribution >= 4 is 44.8 Å². The predicted octanol–water partition coefficient (Wildman–Crippen LogP) is 6.03. The minimum atomic E-state index is 0.612. The highest BCUT2D eigenvalue weighted by molar-refractivity contribution is 9.10. The molecule has 0 fully saturated rings. The van der Waals surface area contributed by atoms with E-state index in [-0.39, 0.29) is 0 Å². The van der Waals surface area contributed by atoms with Gasteiger partial charge in [0.05, 0.1) is 30.4 Å². The van der Waals surface area contributed by atoms with Gasteiger partial charge in [0.15, 0.2) is 0 Å². The summed E-state index contributed by atoms with van der Waals surface area (Å²) in [6.45, 7) is 0.612. The summed E-state index contributed by atoms with van der Waals surface area (Å²) in [5.41, 5.74) is 3.09. The maximum atomic E-state index is 5.47. The second-order valence-electron chi connectivity index (χ2n) is 6.13. The van der Waals surface area contributed by atoms with Crippen LogP contribution in [-0.4, -0.2) is 18.0 Å². The monoisotopic (exact) mass is 483 g/mol. The Labute approximate surface area is 185 Å². The highest BCUT2D eigenvalue weighted by Crippen LogP contribution is 2.26. The van der Waals surface area contributed by atoms with Crippen LogP contribution in [-0.2, 0) is 6.54 Å². The molecule has 0 saturated carbocycles. The first-order valence-corrected chi connectivity index (χ1v) is 11.5. The molecular weight excluding hydrogens is 466 g/mol. The van der Waals surface area contributed by atoms with E-state index < -0.39 is 0 Å². The summed E-state index contributed by atoms with van der Waals surface area (Å²) in [6.07, 6.45) is 1.81. The Hall–Kier alpha value is -2.48. The van der Waals surface area contributed by atoms with Crippen LogP contribution in [0.5, 0.6) is 5.75 Å². The zero-order chi connectivity index (χ0) is 20.1. The molecule has 0 radical (unpaired) electrons. The topological polar surface area (TPSA) is 38.9 Å². The van der Waals surface area contributed by atoms with Gasteiger partial charge in [0.25, 0.3) is 0 Å². The van der Waals surface area contributed by atoms with Crippen molar-refractivity contribution in [3.8, 4) is 16.3 Å². The van der Waals surface area contributed by atoms with Crippen LogP contribution in [0.1, 0.15) is 11.1 Å². The van der Waals surface area contributed by atoms with E-state index in [9.17, 15) is 0 Å². The second-order valence-corrected chi connectivity index (χ2v) is 8.83. The quantitative estimate of drug-likeness (QED) is 0.308. The number of ether oxygens (including phenoxy) is 1. The van der Waals surface area contributed by atoms with E-state index in [2.05, 4.69) is 44.9 Å². The second kappa shape index (κ2) is 9.35. The Morgan fingerprint density at radius 2 is 1.93 bits per heavy atom. The molecule has 0 N–H and O–H groups in total. The van der Waals surface area contributed by atoms with E-state index in [0.717, 1.165) is 31.2 Å². The van der Waals surface area contributed by atoms with Crippen LogP contribution in [0.15, 0.2) is 86.0 Å². The highest BCUT2D eigenvalue weighted by atomic mass is 79.9. The van der Waals surface area contributed by atoms with Crippen LogP contribution < -0.4 is 9.54 Å². The summed E-state index contributed by atoms with van der Waals surface area (Å²) in [4.78, 5) is 6.81. The van der Waals surface area contributed by atoms with E-state index in [0.29, 0.717) is 6.54 Å². The maximum absolute atomic E-state index is 5.47. The van der Waals surface area contributed by atoms with Crippen molar-refractivity contribution in [2.24, 2.45) is 10.1 Å². The molecule has 4 rings (SSSR count). The summed E-state index contributed by atoms with van der Waals surface area (Å²) >= 11 is 6.80. The fraction of sp³-hybridized carbons (Fsp3) is 0.0909. The summed E-state index contributed by atoms with van der Waals surface area (Å²) in [5, 5.41) is 8.94. The van der Waals surface area contributed by atoms with E-state index >= 15 is 0 Å². The van der Waals surface area contributed by atoms with Crippen LogP contribution in [0.4, 0.5) is 0 Å². The molecule has 2 heterocycles. The van der Waals surface area contributed by atoms with Crippen LogP contribution in [0.2, 0.25) is 0 Å². The van der Waals surface area contributed by atoms with Crippen LogP contribution in [0.3, 0.4) is 0 Å². The number of nitrogens with zero attached hydrogens (tertiary/aromatic N) is 3. The van der Waals surface area contributed by atoms with Crippen molar-refractivity contribution in [2.45, 2.75) is 6.54 Å². The third-order valence-corrected chi connectivity index (χ3v) is 6.44. The Kier molecular flexibility index (Phi) is 6.39. The van der Waals surface area contributed by atoms with E-state index in [1.807, 2.05) is 53.4 Å². The van der Waals surface area contributed by atoms with Gasteiger partial charge in [-0.25, -0.2) is 4.68 Å². The van der Waals surface area contributed by atoms with Gasteiger partial charge in [-0.1, -0.05) is 52.3 Å². The molecule has 0 amide bonds. The molecule has 0 saturated heterocycles. The molecule has 29 heavy (non-hydrogen) atoms. The standard InChI is InChI=1S/C22H18BrN3OS2/c1-27-20-10-9-18(23)12-17(20)14-25-26-19(21-8-5-11-28-21)15-29-22(26)24-13-16-6-3-2-4-7-16/h2-12,14-15H,13H2,1H3. The largest absolute Gasteiger partial charge is 0.496 e. The average Bonchev–Trinajstić information content (AvgIpc) is 3.41. The normalized spacial score (nSPS) is 12.0. The molecule has 4 aromatic rings. The number of thiophene rings is 1. The SMILES string of the molecule is COc1ccc(Br)cc1C=Nn1c(-c2cccs2)csc1=NCc1ccccc1. The zero-order valence-electron chi connectivity index (χ0n) is 15.7. The van der Waals surface area contributed by atoms with Crippen LogP contribution in [0.25, 0.3) is 10.6 Å². The third kappa shape index (κ3) is 4.75. The predicted molar refractivity (Wildman–Crippen MR) is 125 cm³/mol. The lowest BCUT2D eigenvalue weighted by atomic mass is 10.2. The zero-order valence-corrected chi connectivity index (χ0v) is 18.9. The first-order valence-electron chi connectivity index (χ1n) is 8.91. The van der Waals surface area contributed by atoms with Gasteiger partial charge in [-0.2, -0.15) is 5.10 Å². The molecule has 0 bridgehead atoms. The molecule has 2 aromatic carbocycles. The van der Waals surface area contributed by atoms with Gasteiger partial charge in [-0.05, 0) is 35.2 Å². The molecule has 0 aliphatic carbocycles. The lowest BCUT2D eigenvalue weighted by Gasteiger charge is -2.05. The van der Waals surface area contributed by atoms with Gasteiger partial charge < -0.3 is 4.74 Å². The number of benzene rings is 2. The first kappa shape index (κ1) is 19.8. The van der Waals surface area contributed by atoms with Crippen LogP contribution >= 0.6 is 38.6 Å². The molecule has 0 atom stereocenters. The van der Waals surface area contributed by atoms with Crippen molar-refractivity contribution in [1.82, 2.24) is 4.68 Å². The van der Waals surface area contributed by atoms with Crippen molar-refractivity contribution in [2.75, 3.05) is 7.11 Å². The van der Waals surface area contributed by atoms with Gasteiger partial charge in [-0.3, -0.25) is 4.99 Å². The number of methoxy groups -OCH3 is 1. The lowest BCUT2D eigenvalue weighted by molar-refractivity contribution is 0.414. The molecule has 0 unspecified atom stereocenters. The summed E-state index contributed by atoms with van der Waals surface area (Å²) in [7, 11) is 1.66. The number of hydrogen-bond acceptors (Lipinski definition) is 5. The van der Waals surface area contributed by atoms with Gasteiger partial charge in [0, 0.05) is 15.4 Å². The lowest BCUT2D eigenvalue weighted by Crippen LogP contribution is -2.12. The van der Waals surface area contributed by atoms with Crippen molar-refractivity contribution in [3.63, 3.8) is 0 Å². The fourth-order valence-corrected chi connectivity index (χ4v) is 4.79. The summed E-state index contributed by atoms with van der Waals surface area (Å²) in [6, 6.07) is 20.2. The van der Waals surface area contributed by atoms with E-state index in [1.54, 1.807) is 29.8 Å². The van der Waals surface area contributed by atoms with Gasteiger partial charge >= 0.3 is 0 Å². The first-order chi connectivity index (χ1) is 14.2. The fourth-order valence-electron chi connectivity index (χ4n) is 2.78. The number of aromatic nitrogens is 1. The molecule has 0 aliphatic rings. The van der Waals surface area contributed by atoms with E-state index in [1.165, 1.54) is 5.56 Å². The number of thiazole rings is 1. The van der Waals surface area contributed by atoms with Crippen molar-refractivity contribution < 1.29 is 4.74 Å². The molecule has 4 nitrogen and oxygen atoms in total. The van der Waals surface area contributed by atoms with E-state index in [4.69, 9.17) is 14.8 Å². The Morgan fingerprint density at radius 1 is 1.07 bits per heavy atom.